The first-order valence-electron chi connectivity index (χ1n) is 8.70. The molecule has 0 aliphatic rings. The lowest BCUT2D eigenvalue weighted by Crippen LogP contribution is -2.28. The molecule has 21 heavy (non-hydrogen) atoms. The van der Waals surface area contributed by atoms with Gasteiger partial charge in [0, 0.05) is 6.04 Å². The van der Waals surface area contributed by atoms with Crippen LogP contribution in [-0.4, -0.2) is 6.54 Å². The third-order valence-corrected chi connectivity index (χ3v) is 4.63. The Balaban J connectivity index is 2.80. The van der Waals surface area contributed by atoms with Crippen LogP contribution in [0.5, 0.6) is 0 Å². The van der Waals surface area contributed by atoms with E-state index in [1.54, 1.807) is 0 Å². The summed E-state index contributed by atoms with van der Waals surface area (Å²) < 4.78 is 0. The van der Waals surface area contributed by atoms with Gasteiger partial charge in [-0.25, -0.2) is 0 Å². The fourth-order valence-corrected chi connectivity index (χ4v) is 2.57. The van der Waals surface area contributed by atoms with Crippen molar-refractivity contribution in [2.45, 2.75) is 73.3 Å². The molecule has 0 amide bonds. The first kappa shape index (κ1) is 18.2. The average Bonchev–Trinajstić information content (AvgIpc) is 2.43. The second-order valence-electron chi connectivity index (χ2n) is 7.50. The van der Waals surface area contributed by atoms with Gasteiger partial charge in [0.05, 0.1) is 0 Å². The maximum atomic E-state index is 3.74. The fourth-order valence-electron chi connectivity index (χ4n) is 2.57. The summed E-state index contributed by atoms with van der Waals surface area (Å²) >= 11 is 0. The summed E-state index contributed by atoms with van der Waals surface area (Å²) in [5.74, 6) is 0.696. The highest BCUT2D eigenvalue weighted by Gasteiger charge is 2.24. The first-order chi connectivity index (χ1) is 9.88. The minimum absolute atomic E-state index is 0.369. The molecule has 0 saturated carbocycles. The molecule has 1 aromatic carbocycles. The minimum Gasteiger partial charge on any atom is -0.310 e. The lowest BCUT2D eigenvalue weighted by molar-refractivity contribution is 0.223. The number of rotatable bonds is 8. The number of aryl methyl sites for hydroxylation is 1. The van der Waals surface area contributed by atoms with Gasteiger partial charge in [-0.3, -0.25) is 0 Å². The van der Waals surface area contributed by atoms with Crippen LogP contribution in [0.3, 0.4) is 0 Å². The number of benzene rings is 1. The summed E-state index contributed by atoms with van der Waals surface area (Å²) in [4.78, 5) is 0. The van der Waals surface area contributed by atoms with Gasteiger partial charge in [0.25, 0.3) is 0 Å². The summed E-state index contributed by atoms with van der Waals surface area (Å²) in [6.45, 7) is 15.0. The molecule has 0 aliphatic carbocycles. The molecule has 0 radical (unpaired) electrons. The Morgan fingerprint density at radius 2 is 1.62 bits per heavy atom. The van der Waals surface area contributed by atoms with Gasteiger partial charge in [-0.05, 0) is 48.3 Å². The van der Waals surface area contributed by atoms with Crippen molar-refractivity contribution in [3.63, 3.8) is 0 Å². The lowest BCUT2D eigenvalue weighted by atomic mass is 9.77. The highest BCUT2D eigenvalue weighted by molar-refractivity contribution is 5.25. The van der Waals surface area contributed by atoms with Crippen molar-refractivity contribution in [1.29, 1.82) is 0 Å². The molecule has 1 rings (SSSR count). The van der Waals surface area contributed by atoms with Crippen LogP contribution in [0, 0.1) is 11.3 Å². The molecular weight excluding hydrogens is 254 g/mol. The van der Waals surface area contributed by atoms with E-state index >= 15 is 0 Å². The van der Waals surface area contributed by atoms with Gasteiger partial charge in [0.1, 0.15) is 0 Å². The van der Waals surface area contributed by atoms with Crippen LogP contribution in [0.1, 0.15) is 78.0 Å². The monoisotopic (exact) mass is 289 g/mol. The zero-order valence-electron chi connectivity index (χ0n) is 15.0. The van der Waals surface area contributed by atoms with Crippen LogP contribution < -0.4 is 5.32 Å². The number of hydrogen-bond donors (Lipinski definition) is 1. The molecule has 1 N–H and O–H groups in total. The SMILES string of the molecule is CCCNC(CC(C)C(C)(C)C)c1ccc(CCC)cc1. The van der Waals surface area contributed by atoms with Crippen molar-refractivity contribution in [1.82, 2.24) is 5.32 Å². The maximum absolute atomic E-state index is 3.74. The topological polar surface area (TPSA) is 12.0 Å². The van der Waals surface area contributed by atoms with Crippen molar-refractivity contribution >= 4 is 0 Å². The van der Waals surface area contributed by atoms with Gasteiger partial charge < -0.3 is 5.32 Å². The molecule has 0 spiro atoms. The molecule has 0 saturated heterocycles. The summed E-state index contributed by atoms with van der Waals surface area (Å²) in [7, 11) is 0. The quantitative estimate of drug-likeness (QED) is 0.642. The van der Waals surface area contributed by atoms with E-state index in [9.17, 15) is 0 Å². The van der Waals surface area contributed by atoms with Crippen molar-refractivity contribution < 1.29 is 0 Å². The molecule has 0 aliphatic heterocycles. The second-order valence-corrected chi connectivity index (χ2v) is 7.50. The Morgan fingerprint density at radius 1 is 1.00 bits per heavy atom. The van der Waals surface area contributed by atoms with Gasteiger partial charge in [0.2, 0.25) is 0 Å². The molecule has 2 atom stereocenters. The normalized spacial score (nSPS) is 15.0. The third kappa shape index (κ3) is 6.22. The third-order valence-electron chi connectivity index (χ3n) is 4.63. The van der Waals surface area contributed by atoms with E-state index < -0.39 is 0 Å². The zero-order valence-corrected chi connectivity index (χ0v) is 15.0. The van der Waals surface area contributed by atoms with Crippen molar-refractivity contribution in [2.24, 2.45) is 11.3 Å². The highest BCUT2D eigenvalue weighted by atomic mass is 14.9. The van der Waals surface area contributed by atoms with Crippen LogP contribution in [0.25, 0.3) is 0 Å². The summed E-state index contributed by atoms with van der Waals surface area (Å²) in [6.07, 6.45) is 4.80. The first-order valence-corrected chi connectivity index (χ1v) is 8.70. The van der Waals surface area contributed by atoms with E-state index in [4.69, 9.17) is 0 Å². The Bertz CT molecular complexity index is 385. The van der Waals surface area contributed by atoms with Crippen LogP contribution >= 0.6 is 0 Å². The van der Waals surface area contributed by atoms with Gasteiger partial charge in [-0.2, -0.15) is 0 Å². The standard InChI is InChI=1S/C20H35N/c1-7-9-17-10-12-18(13-11-17)19(21-14-8-2)15-16(3)20(4,5)6/h10-13,16,19,21H,7-9,14-15H2,1-6H3. The van der Waals surface area contributed by atoms with Gasteiger partial charge in [-0.15, -0.1) is 0 Å². The predicted octanol–water partition coefficient (Wildman–Crippen LogP) is 5.75. The summed E-state index contributed by atoms with van der Waals surface area (Å²) in [6, 6.07) is 9.75. The Hall–Kier alpha value is -0.820. The Morgan fingerprint density at radius 3 is 2.10 bits per heavy atom. The van der Waals surface area contributed by atoms with Crippen LogP contribution in [0.4, 0.5) is 0 Å². The molecule has 1 nitrogen and oxygen atoms in total. The van der Waals surface area contributed by atoms with Gasteiger partial charge in [-0.1, -0.05) is 72.2 Å². The van der Waals surface area contributed by atoms with Crippen LogP contribution in [-0.2, 0) is 6.42 Å². The van der Waals surface area contributed by atoms with Crippen molar-refractivity contribution in [3.8, 4) is 0 Å². The smallest absolute Gasteiger partial charge is 0.0322 e. The van der Waals surface area contributed by atoms with E-state index in [0.29, 0.717) is 17.4 Å². The zero-order chi connectivity index (χ0) is 15.9. The molecule has 1 heteroatoms. The Kier molecular flexibility index (Phi) is 7.45. The van der Waals surface area contributed by atoms with E-state index in [2.05, 4.69) is 71.1 Å². The van der Waals surface area contributed by atoms with Gasteiger partial charge >= 0.3 is 0 Å². The minimum atomic E-state index is 0.369. The lowest BCUT2D eigenvalue weighted by Gasteiger charge is -2.31. The highest BCUT2D eigenvalue weighted by Crippen LogP contribution is 2.33. The summed E-state index contributed by atoms with van der Waals surface area (Å²) in [5.41, 5.74) is 3.27. The molecule has 2 unspecified atom stereocenters. The molecule has 120 valence electrons. The van der Waals surface area contributed by atoms with E-state index in [1.165, 1.54) is 36.8 Å². The molecule has 0 aromatic heterocycles. The molecule has 0 fully saturated rings. The van der Waals surface area contributed by atoms with Crippen LogP contribution in [0.2, 0.25) is 0 Å². The molecular formula is C20H35N. The fraction of sp³-hybridized carbons (Fsp3) is 0.700. The largest absolute Gasteiger partial charge is 0.310 e. The molecule has 0 bridgehead atoms. The van der Waals surface area contributed by atoms with Crippen molar-refractivity contribution in [2.75, 3.05) is 6.54 Å². The van der Waals surface area contributed by atoms with E-state index in [1.807, 2.05) is 0 Å². The second kappa shape index (κ2) is 8.58. The van der Waals surface area contributed by atoms with Gasteiger partial charge in [0.15, 0.2) is 0 Å². The summed E-state index contributed by atoms with van der Waals surface area (Å²) in [5, 5.41) is 3.74. The predicted molar refractivity (Wildman–Crippen MR) is 94.7 cm³/mol. The molecule has 1 aromatic rings. The number of nitrogens with one attached hydrogen (secondary N) is 1. The van der Waals surface area contributed by atoms with Crippen molar-refractivity contribution in [3.05, 3.63) is 35.4 Å². The number of hydrogen-bond acceptors (Lipinski definition) is 1. The average molecular weight is 290 g/mol. The Labute approximate surface area is 132 Å². The van der Waals surface area contributed by atoms with E-state index in [0.717, 1.165) is 6.54 Å². The van der Waals surface area contributed by atoms with E-state index in [-0.39, 0.29) is 0 Å². The van der Waals surface area contributed by atoms with Crippen LogP contribution in [0.15, 0.2) is 24.3 Å². The molecule has 0 heterocycles. The maximum Gasteiger partial charge on any atom is 0.0322 e.